The van der Waals surface area contributed by atoms with Gasteiger partial charge in [-0.1, -0.05) is 139 Å². The van der Waals surface area contributed by atoms with Crippen molar-refractivity contribution < 1.29 is 56.4 Å². The molecule has 35 nitrogen and oxygen atoms in total. The van der Waals surface area contributed by atoms with E-state index in [0.717, 1.165) is 136 Å². The monoisotopic (exact) mass is 3160 g/mol. The molecule has 5 saturated heterocycles. The summed E-state index contributed by atoms with van der Waals surface area (Å²) in [6.07, 6.45) is 29.2. The van der Waals surface area contributed by atoms with E-state index in [9.17, 15) is 13.2 Å². The number of thioether (sulfide) groups is 1. The molecule has 5 aliphatic rings. The number of aromatic nitrogens is 20. The summed E-state index contributed by atoms with van der Waals surface area (Å²) in [7, 11) is -2.90. The number of anilines is 5. The molecular formula is C67H96ClI12N26O9S3V2-2. The zero-order chi connectivity index (χ0) is 89.6. The van der Waals surface area contributed by atoms with Gasteiger partial charge in [-0.2, -0.15) is 32.6 Å². The number of ether oxygens (including phenoxy) is 5. The van der Waals surface area contributed by atoms with Gasteiger partial charge in [0.05, 0.1) is 27.2 Å². The van der Waals surface area contributed by atoms with Crippen molar-refractivity contribution in [3.8, 4) is 0 Å². The van der Waals surface area contributed by atoms with Gasteiger partial charge in [0.15, 0.2) is 56.5 Å². The number of thiol groups is 1. The van der Waals surface area contributed by atoms with Crippen LogP contribution < -0.4 is 28.7 Å². The van der Waals surface area contributed by atoms with Crippen LogP contribution in [0, 0.1) is 20.4 Å². The number of fused-ring (bicyclic) bond motifs is 5. The third-order valence-corrected chi connectivity index (χ3v) is 21.8. The van der Waals surface area contributed by atoms with Gasteiger partial charge >= 0.3 is 126 Å². The standard InChI is InChI=1S/C11H12N6O.C11H15N5O3S.C11H13N5O3.C11H15N5OS.C10H12ClN5O.C3H6I2.C3H7I.C2H4I2.2C2H4I.CH4S.5HI.2V/c1-13-11-15-9(12)8-10(16-11)17(6-14-8)7-4-2-3-5-18-7;1-20(17,18)11-14-9(12)8-10(15-11)16(6-13-8)7-4-2-3-5-19-7;12-8-7-10(15-9(14-8)11(17)18)16(5-13-7)6-3-1-2-4-19-6;1-18-11-14-9(12)8-10(15-11)16(6-13-8)7-4-2-3-5-17-7;11-10-14-8(12)7-9(15-10)16(5-13-7)6-3-1-2-4-17-6;1-3(5)2-4;1-2-3-4;1-2(3)4;2*1-2-3;1-2;;;;;;;/h6-7H,2-5H2,(H2,12,15,16);6-7H,2-5H2,1H3,(H2,12,14,15);5-6H,1-4H2,(H,17,18)(H2,12,14,15);6-7H,2-5H2,1H3,(H2,12,14,15);5-6H,1-4H2,(H2,12,14,15);3H,2H2,1H3;2-3H2,1H3;2H,1H3;2*1-2H2;2H,1H3;5*1H;;/q;;;;;;;;2*-1;;;;;;;+2;+3/p-5. The fourth-order valence-electron chi connectivity index (χ4n) is 10.8. The van der Waals surface area contributed by atoms with Crippen LogP contribution in [0.15, 0.2) is 41.9 Å². The molecule has 15 heterocycles. The number of alkyl halides is 7. The summed E-state index contributed by atoms with van der Waals surface area (Å²) in [6, 6.07) is 0. The summed E-state index contributed by atoms with van der Waals surface area (Å²) in [5.41, 5.74) is 34.2. The second-order valence-electron chi connectivity index (χ2n) is 24.4. The van der Waals surface area contributed by atoms with E-state index >= 15 is 0 Å². The van der Waals surface area contributed by atoms with Crippen LogP contribution in [0.25, 0.3) is 60.7 Å². The molecule has 669 valence electrons. The van der Waals surface area contributed by atoms with Gasteiger partial charge in [-0.3, -0.25) is 22.8 Å². The van der Waals surface area contributed by atoms with Crippen LogP contribution in [0.4, 0.5) is 35.0 Å². The Labute approximate surface area is 877 Å². The molecule has 15 rings (SSSR count). The van der Waals surface area contributed by atoms with Gasteiger partial charge in [0.1, 0.15) is 59.5 Å². The Balaban J connectivity index is 0.000000359. The first-order chi connectivity index (χ1) is 57.4. The molecular weight excluding hydrogens is 3070 g/mol. The van der Waals surface area contributed by atoms with Crippen molar-refractivity contribution >= 4 is 401 Å². The number of nitrogens with zero attached hydrogens (tertiary/aromatic N) is 21. The minimum atomic E-state index is -3.53. The SMILES string of the molecule is CC(I)CI.CC(I)I.CCCI.CS.CS(=O)(=O)c1nc(N)c2ncn(C3CCCCO3)c2n1.CSc1nc(N)c2ncn(C3CCCCO3)c2n1.Nc1nc(C(=O)O)nc2c1ncn2C1CCCCO1.Nc1nc(Cl)nc2c1ncn2C1CCCCO1.[C-]#[N+]c1nc(N)c2ncn(C3CCCCO3)c2n1.[CH2-]CI.[CH2-]CI.[I][V]([I])[I].[I][V][I]. The van der Waals surface area contributed by atoms with Crippen molar-refractivity contribution in [3.05, 3.63) is 68.0 Å². The number of hydrogen-bond acceptors (Lipinski definition) is 30. The van der Waals surface area contributed by atoms with Gasteiger partial charge in [0.25, 0.3) is 5.16 Å². The Kier molecular flexibility index (Phi) is 62.7. The second kappa shape index (κ2) is 65.1. The Morgan fingerprint density at radius 3 is 1.12 bits per heavy atom. The number of hydrogen-bond donors (Lipinski definition) is 7. The van der Waals surface area contributed by atoms with E-state index in [1.54, 1.807) is 47.0 Å². The van der Waals surface area contributed by atoms with Gasteiger partial charge in [-0.05, 0) is 138 Å². The Bertz CT molecular complexity index is 4760. The van der Waals surface area contributed by atoms with Crippen LogP contribution in [0.2, 0.25) is 5.28 Å². The normalized spacial score (nSPS) is 17.4. The van der Waals surface area contributed by atoms with E-state index in [0.29, 0.717) is 89.6 Å². The van der Waals surface area contributed by atoms with E-state index in [2.05, 4.69) is 385 Å². The summed E-state index contributed by atoms with van der Waals surface area (Å²) in [5.74, 6) is -0.415. The zero-order valence-corrected chi connectivity index (χ0v) is 98.0. The molecule has 0 aliphatic carbocycles. The van der Waals surface area contributed by atoms with Crippen LogP contribution in [0.3, 0.4) is 0 Å². The molecule has 53 heteroatoms. The first kappa shape index (κ1) is 116. The molecule has 120 heavy (non-hydrogen) atoms. The average molecular weight is 3170 g/mol. The summed E-state index contributed by atoms with van der Waals surface area (Å²) < 4.78 is 66.9. The number of carboxylic acids is 1. The maximum absolute atomic E-state index is 11.6. The topological polar surface area (TPSA) is 470 Å². The van der Waals surface area contributed by atoms with E-state index in [4.69, 9.17) is 75.6 Å². The van der Waals surface area contributed by atoms with Gasteiger partial charge in [0, 0.05) is 47.6 Å². The number of rotatable bonds is 10. The number of imidazole rings is 5. The van der Waals surface area contributed by atoms with E-state index in [-0.39, 0.29) is 75.7 Å². The molecule has 10 aromatic heterocycles. The number of sulfone groups is 1. The van der Waals surface area contributed by atoms with Gasteiger partial charge in [-0.25, -0.2) is 58.1 Å². The predicted molar refractivity (Wildman–Crippen MR) is 579 cm³/mol. The van der Waals surface area contributed by atoms with Crippen LogP contribution in [0.1, 0.15) is 165 Å². The molecule has 0 spiro atoms. The molecule has 5 fully saturated rings. The molecule has 0 amide bonds. The first-order valence-electron chi connectivity index (χ1n) is 36.3. The summed E-state index contributed by atoms with van der Waals surface area (Å²) >= 11 is 39.1. The zero-order valence-electron chi connectivity index (χ0n) is 66.1. The maximum atomic E-state index is 11.6. The molecule has 0 bridgehead atoms. The Morgan fingerprint density at radius 1 is 0.575 bits per heavy atom. The molecule has 5 aliphatic heterocycles. The van der Waals surface area contributed by atoms with Crippen LogP contribution in [-0.4, -0.2) is 192 Å². The predicted octanol–water partition coefficient (Wildman–Crippen LogP) is 20.3. The number of aromatic carboxylic acids is 1. The fourth-order valence-corrected chi connectivity index (χ4v) is 11.8. The van der Waals surface area contributed by atoms with Crippen molar-refractivity contribution in [2.45, 2.75) is 171 Å². The van der Waals surface area contributed by atoms with Crippen LogP contribution >= 0.6 is 294 Å². The van der Waals surface area contributed by atoms with Crippen molar-refractivity contribution in [1.29, 1.82) is 0 Å². The van der Waals surface area contributed by atoms with Crippen molar-refractivity contribution in [2.75, 3.05) is 98.2 Å². The average Bonchev–Trinajstić information content (AvgIpc) is 1.62. The molecule has 10 aromatic rings. The molecule has 0 radical (unpaired) electrons. The number of carbonyl (C=O) groups is 1. The van der Waals surface area contributed by atoms with E-state index < -0.39 is 15.8 Å². The third kappa shape index (κ3) is 40.4. The summed E-state index contributed by atoms with van der Waals surface area (Å²) in [6.45, 7) is 24.1. The van der Waals surface area contributed by atoms with Crippen molar-refractivity contribution in [3.63, 3.8) is 0 Å². The first-order valence-corrected chi connectivity index (χ1v) is 73.1. The molecule has 0 saturated carbocycles. The van der Waals surface area contributed by atoms with E-state index in [1.165, 1.54) is 33.5 Å². The minimum absolute atomic E-state index is 0.0211. The van der Waals surface area contributed by atoms with Crippen molar-refractivity contribution in [2.24, 2.45) is 0 Å². The summed E-state index contributed by atoms with van der Waals surface area (Å²) in [5, 5.41) is 9.47. The van der Waals surface area contributed by atoms with Gasteiger partial charge < -0.3 is 76.2 Å². The number of carboxylic acid groups (broad SMARTS) is 1. The molecule has 0 aromatic carbocycles. The quantitative estimate of drug-likeness (QED) is 0.0167. The summed E-state index contributed by atoms with van der Waals surface area (Å²) in [4.78, 5) is 75.2. The molecule has 6 unspecified atom stereocenters. The number of halogens is 13. The second-order valence-corrected chi connectivity index (χ2v) is 86.9. The number of nitrogen functional groups attached to an aromatic ring is 5. The van der Waals surface area contributed by atoms with Gasteiger partial charge in [-0.15, -0.1) is 70.6 Å². The Morgan fingerprint density at radius 2 is 0.850 bits per heavy atom. The number of nitrogens with two attached hydrogens (primary N) is 5. The Hall–Kier alpha value is 1.38. The fraction of sp³-hybridized carbons (Fsp3) is 0.567. The van der Waals surface area contributed by atoms with E-state index in [1.807, 2.05) is 20.0 Å². The van der Waals surface area contributed by atoms with Crippen LogP contribution in [-0.2, 0) is 47.9 Å². The molecule has 6 atom stereocenters. The molecule has 11 N–H and O–H groups in total. The van der Waals surface area contributed by atoms with Crippen molar-refractivity contribution in [1.82, 2.24) is 97.6 Å². The van der Waals surface area contributed by atoms with Crippen LogP contribution in [0.5, 0.6) is 0 Å². The van der Waals surface area contributed by atoms with Gasteiger partial charge in [0.2, 0.25) is 32.4 Å². The third-order valence-electron chi connectivity index (χ3n) is 15.7.